The average Bonchev–Trinajstić information content (AvgIpc) is 2.38. The van der Waals surface area contributed by atoms with Crippen molar-refractivity contribution >= 4 is 5.71 Å². The molecule has 2 aromatic rings. The van der Waals surface area contributed by atoms with Gasteiger partial charge < -0.3 is 0 Å². The summed E-state index contributed by atoms with van der Waals surface area (Å²) >= 11 is 0. The molecule has 0 radical (unpaired) electrons. The number of rotatable bonds is 2. The molecule has 0 spiro atoms. The van der Waals surface area contributed by atoms with Gasteiger partial charge in [0.05, 0.1) is 11.3 Å². The van der Waals surface area contributed by atoms with Crippen LogP contribution in [0.5, 0.6) is 0 Å². The minimum atomic E-state index is -4.40. The standard InChI is InChI=1S/C13H9F3N2/c14-13(15,16)11-5-1-3-9(7-11)12(17)10-4-2-6-18-8-10/h1-8,17H. The summed E-state index contributed by atoms with van der Waals surface area (Å²) in [6.45, 7) is 0. The summed E-state index contributed by atoms with van der Waals surface area (Å²) in [4.78, 5) is 3.84. The zero-order chi connectivity index (χ0) is 13.2. The maximum absolute atomic E-state index is 12.6. The van der Waals surface area contributed by atoms with Crippen molar-refractivity contribution in [1.82, 2.24) is 4.98 Å². The molecular weight excluding hydrogens is 241 g/mol. The van der Waals surface area contributed by atoms with Crippen LogP contribution in [0.2, 0.25) is 0 Å². The lowest BCUT2D eigenvalue weighted by Crippen LogP contribution is -2.08. The summed E-state index contributed by atoms with van der Waals surface area (Å²) < 4.78 is 37.7. The molecule has 0 aliphatic carbocycles. The van der Waals surface area contributed by atoms with Crippen LogP contribution in [0.1, 0.15) is 16.7 Å². The highest BCUT2D eigenvalue weighted by Gasteiger charge is 2.30. The molecule has 1 heterocycles. The molecule has 0 saturated heterocycles. The van der Waals surface area contributed by atoms with E-state index in [4.69, 9.17) is 5.41 Å². The van der Waals surface area contributed by atoms with Gasteiger partial charge in [-0.1, -0.05) is 12.1 Å². The second-order valence-electron chi connectivity index (χ2n) is 3.70. The number of hydrogen-bond acceptors (Lipinski definition) is 2. The number of pyridine rings is 1. The Labute approximate surface area is 102 Å². The first-order chi connectivity index (χ1) is 8.48. The van der Waals surface area contributed by atoms with E-state index in [9.17, 15) is 13.2 Å². The maximum Gasteiger partial charge on any atom is 0.416 e. The molecule has 0 fully saturated rings. The first-order valence-electron chi connectivity index (χ1n) is 5.15. The highest BCUT2D eigenvalue weighted by Crippen LogP contribution is 2.29. The Morgan fingerprint density at radius 3 is 2.39 bits per heavy atom. The van der Waals surface area contributed by atoms with Crippen LogP contribution < -0.4 is 0 Å². The van der Waals surface area contributed by atoms with Crippen molar-refractivity contribution in [2.24, 2.45) is 0 Å². The fraction of sp³-hybridized carbons (Fsp3) is 0.0769. The van der Waals surface area contributed by atoms with E-state index in [-0.39, 0.29) is 11.3 Å². The molecule has 2 rings (SSSR count). The highest BCUT2D eigenvalue weighted by molar-refractivity contribution is 6.10. The predicted octanol–water partition coefficient (Wildman–Crippen LogP) is 3.52. The smallest absolute Gasteiger partial charge is 0.300 e. The van der Waals surface area contributed by atoms with E-state index in [2.05, 4.69) is 4.98 Å². The van der Waals surface area contributed by atoms with E-state index < -0.39 is 11.7 Å². The van der Waals surface area contributed by atoms with E-state index in [1.165, 1.54) is 18.3 Å². The summed E-state index contributed by atoms with van der Waals surface area (Å²) in [5.74, 6) is 0. The number of alkyl halides is 3. The Kier molecular flexibility index (Phi) is 3.14. The predicted molar refractivity (Wildman–Crippen MR) is 61.6 cm³/mol. The fourth-order valence-electron chi connectivity index (χ4n) is 1.53. The van der Waals surface area contributed by atoms with Crippen LogP contribution in [0.4, 0.5) is 13.2 Å². The van der Waals surface area contributed by atoms with E-state index in [0.29, 0.717) is 5.56 Å². The van der Waals surface area contributed by atoms with Crippen LogP contribution in [0.3, 0.4) is 0 Å². The van der Waals surface area contributed by atoms with Crippen molar-refractivity contribution < 1.29 is 13.2 Å². The third-order valence-electron chi connectivity index (χ3n) is 2.43. The van der Waals surface area contributed by atoms with Gasteiger partial charge in [-0.25, -0.2) is 0 Å². The molecule has 0 bridgehead atoms. The van der Waals surface area contributed by atoms with E-state index >= 15 is 0 Å². The molecule has 2 nitrogen and oxygen atoms in total. The average molecular weight is 250 g/mol. The van der Waals surface area contributed by atoms with Crippen molar-refractivity contribution in [3.8, 4) is 0 Å². The van der Waals surface area contributed by atoms with Crippen molar-refractivity contribution in [3.63, 3.8) is 0 Å². The van der Waals surface area contributed by atoms with Crippen LogP contribution >= 0.6 is 0 Å². The van der Waals surface area contributed by atoms with Gasteiger partial charge in [-0.05, 0) is 24.3 Å². The second kappa shape index (κ2) is 4.60. The number of nitrogens with zero attached hydrogens (tertiary/aromatic N) is 1. The molecule has 5 heteroatoms. The summed E-state index contributed by atoms with van der Waals surface area (Å²) in [5, 5.41) is 7.86. The summed E-state index contributed by atoms with van der Waals surface area (Å²) in [6, 6.07) is 8.00. The first kappa shape index (κ1) is 12.3. The summed E-state index contributed by atoms with van der Waals surface area (Å²) in [5.41, 5.74) is -0.0301. The zero-order valence-electron chi connectivity index (χ0n) is 9.20. The molecule has 0 unspecified atom stereocenters. The maximum atomic E-state index is 12.6. The van der Waals surface area contributed by atoms with Crippen LogP contribution in [-0.2, 0) is 6.18 Å². The van der Waals surface area contributed by atoms with Gasteiger partial charge in [-0.2, -0.15) is 13.2 Å². The lowest BCUT2D eigenvalue weighted by atomic mass is 10.0. The molecule has 0 aliphatic heterocycles. The molecule has 18 heavy (non-hydrogen) atoms. The lowest BCUT2D eigenvalue weighted by Gasteiger charge is -2.09. The monoisotopic (exact) mass is 250 g/mol. The van der Waals surface area contributed by atoms with Gasteiger partial charge in [0.25, 0.3) is 0 Å². The third kappa shape index (κ3) is 2.56. The van der Waals surface area contributed by atoms with Crippen molar-refractivity contribution in [3.05, 3.63) is 65.5 Å². The Morgan fingerprint density at radius 2 is 1.78 bits per heavy atom. The Hall–Kier alpha value is -2.17. The molecule has 0 amide bonds. The zero-order valence-corrected chi connectivity index (χ0v) is 9.20. The van der Waals surface area contributed by atoms with Gasteiger partial charge >= 0.3 is 6.18 Å². The molecule has 0 aliphatic rings. The van der Waals surface area contributed by atoms with Crippen LogP contribution in [0.25, 0.3) is 0 Å². The normalized spacial score (nSPS) is 11.3. The van der Waals surface area contributed by atoms with Crippen molar-refractivity contribution in [2.45, 2.75) is 6.18 Å². The molecule has 1 aromatic carbocycles. The number of nitrogens with one attached hydrogen (secondary N) is 1. The highest BCUT2D eigenvalue weighted by atomic mass is 19.4. The van der Waals surface area contributed by atoms with Crippen LogP contribution in [0, 0.1) is 5.41 Å². The Morgan fingerprint density at radius 1 is 1.06 bits per heavy atom. The quantitative estimate of drug-likeness (QED) is 0.813. The summed E-state index contributed by atoms with van der Waals surface area (Å²) in [7, 11) is 0. The molecule has 1 N–H and O–H groups in total. The van der Waals surface area contributed by atoms with Gasteiger partial charge in [0.15, 0.2) is 0 Å². The largest absolute Gasteiger partial charge is 0.416 e. The van der Waals surface area contributed by atoms with E-state index in [1.807, 2.05) is 0 Å². The van der Waals surface area contributed by atoms with Crippen molar-refractivity contribution in [2.75, 3.05) is 0 Å². The molecule has 0 saturated carbocycles. The lowest BCUT2D eigenvalue weighted by molar-refractivity contribution is -0.137. The topological polar surface area (TPSA) is 36.7 Å². The van der Waals surface area contributed by atoms with Gasteiger partial charge in [-0.3, -0.25) is 10.4 Å². The molecular formula is C13H9F3N2. The Bertz CT molecular complexity index is 562. The minimum Gasteiger partial charge on any atom is -0.300 e. The van der Waals surface area contributed by atoms with E-state index in [1.54, 1.807) is 18.3 Å². The number of hydrogen-bond donors (Lipinski definition) is 1. The van der Waals surface area contributed by atoms with Gasteiger partial charge in [0, 0.05) is 23.5 Å². The molecule has 92 valence electrons. The van der Waals surface area contributed by atoms with Crippen molar-refractivity contribution in [1.29, 1.82) is 5.41 Å². The number of aromatic nitrogens is 1. The third-order valence-corrected chi connectivity index (χ3v) is 2.43. The first-order valence-corrected chi connectivity index (χ1v) is 5.15. The van der Waals surface area contributed by atoms with Gasteiger partial charge in [-0.15, -0.1) is 0 Å². The van der Waals surface area contributed by atoms with Crippen LogP contribution in [-0.4, -0.2) is 10.7 Å². The summed E-state index contributed by atoms with van der Waals surface area (Å²) in [6.07, 6.45) is -1.41. The van der Waals surface area contributed by atoms with Gasteiger partial charge in [0.1, 0.15) is 0 Å². The minimum absolute atomic E-state index is 0.0224. The van der Waals surface area contributed by atoms with Crippen LogP contribution in [0.15, 0.2) is 48.8 Å². The Balaban J connectivity index is 2.38. The second-order valence-corrected chi connectivity index (χ2v) is 3.70. The molecule has 1 aromatic heterocycles. The molecule has 0 atom stereocenters. The number of halogens is 3. The van der Waals surface area contributed by atoms with E-state index in [0.717, 1.165) is 12.1 Å². The van der Waals surface area contributed by atoms with Gasteiger partial charge in [0.2, 0.25) is 0 Å². The number of benzene rings is 1. The SMILES string of the molecule is N=C(c1cccnc1)c1cccc(C(F)(F)F)c1. The fourth-order valence-corrected chi connectivity index (χ4v) is 1.53.